The zero-order chi connectivity index (χ0) is 19.7. The Morgan fingerprint density at radius 2 is 1.72 bits per heavy atom. The van der Waals surface area contributed by atoms with Crippen LogP contribution in [0.2, 0.25) is 0 Å². The SMILES string of the molecule is CC(C)Cc1c(SC(C)(C)C)c(C(F)F)nc(C(F)(F)F)c1C(=O)O. The summed E-state index contributed by atoms with van der Waals surface area (Å²) in [4.78, 5) is 14.4. The monoisotopic (exact) mass is 385 g/mol. The minimum absolute atomic E-state index is 0.0780. The quantitative estimate of drug-likeness (QED) is 0.512. The van der Waals surface area contributed by atoms with Crippen molar-refractivity contribution in [1.29, 1.82) is 0 Å². The van der Waals surface area contributed by atoms with E-state index in [1.807, 2.05) is 0 Å². The number of carboxylic acid groups (broad SMARTS) is 1. The molecule has 1 N–H and O–H groups in total. The van der Waals surface area contributed by atoms with Gasteiger partial charge in [-0.15, -0.1) is 11.8 Å². The molecule has 0 aliphatic rings. The number of aromatic carboxylic acids is 1. The molecule has 142 valence electrons. The van der Waals surface area contributed by atoms with Gasteiger partial charge in [0, 0.05) is 9.64 Å². The van der Waals surface area contributed by atoms with E-state index in [-0.39, 0.29) is 22.8 Å². The zero-order valence-electron chi connectivity index (χ0n) is 14.5. The molecule has 1 aromatic rings. The summed E-state index contributed by atoms with van der Waals surface area (Å²) in [5, 5.41) is 9.34. The lowest BCUT2D eigenvalue weighted by molar-refractivity contribution is -0.142. The summed E-state index contributed by atoms with van der Waals surface area (Å²) in [5.74, 6) is -2.06. The van der Waals surface area contributed by atoms with E-state index in [9.17, 15) is 31.9 Å². The van der Waals surface area contributed by atoms with Crippen molar-refractivity contribution in [1.82, 2.24) is 4.98 Å². The highest BCUT2D eigenvalue weighted by molar-refractivity contribution is 8.00. The molecule has 0 unspecified atom stereocenters. The van der Waals surface area contributed by atoms with Crippen LogP contribution in [0, 0.1) is 5.92 Å². The van der Waals surface area contributed by atoms with Gasteiger partial charge < -0.3 is 5.11 Å². The first-order valence-electron chi connectivity index (χ1n) is 7.49. The van der Waals surface area contributed by atoms with Crippen molar-refractivity contribution in [3.63, 3.8) is 0 Å². The van der Waals surface area contributed by atoms with Crippen LogP contribution in [0.25, 0.3) is 0 Å². The molecule has 3 nitrogen and oxygen atoms in total. The maximum absolute atomic E-state index is 13.4. The standard InChI is InChI=1S/C16H20F5NO2S/c1-7(2)6-8-9(14(23)24)12(16(19,20)21)22-10(13(17)18)11(8)25-15(3,4)5/h7,13H,6H2,1-5H3,(H,23,24). The molecule has 0 spiro atoms. The van der Waals surface area contributed by atoms with Crippen molar-refractivity contribution in [3.8, 4) is 0 Å². The number of thioether (sulfide) groups is 1. The highest BCUT2D eigenvalue weighted by atomic mass is 32.2. The molecule has 0 radical (unpaired) electrons. The van der Waals surface area contributed by atoms with Gasteiger partial charge in [-0.25, -0.2) is 18.6 Å². The van der Waals surface area contributed by atoms with E-state index in [1.54, 1.807) is 34.6 Å². The third-order valence-corrected chi connectivity index (χ3v) is 4.26. The number of alkyl halides is 5. The fraction of sp³-hybridized carbons (Fsp3) is 0.625. The topological polar surface area (TPSA) is 50.2 Å². The van der Waals surface area contributed by atoms with Crippen LogP contribution >= 0.6 is 11.8 Å². The van der Waals surface area contributed by atoms with Crippen LogP contribution in [-0.4, -0.2) is 20.8 Å². The predicted octanol–water partition coefficient (Wildman–Crippen LogP) is 5.83. The molecule has 0 atom stereocenters. The van der Waals surface area contributed by atoms with E-state index >= 15 is 0 Å². The molecule has 0 aliphatic heterocycles. The van der Waals surface area contributed by atoms with Gasteiger partial charge >= 0.3 is 12.1 Å². The largest absolute Gasteiger partial charge is 0.478 e. The van der Waals surface area contributed by atoms with Crippen LogP contribution in [-0.2, 0) is 12.6 Å². The highest BCUT2D eigenvalue weighted by Gasteiger charge is 2.42. The Bertz CT molecular complexity index is 651. The molecule has 0 aliphatic carbocycles. The molecule has 25 heavy (non-hydrogen) atoms. The molecule has 0 amide bonds. The molecule has 1 rings (SSSR count). The van der Waals surface area contributed by atoms with E-state index < -0.39 is 40.3 Å². The van der Waals surface area contributed by atoms with Crippen molar-refractivity contribution in [2.24, 2.45) is 5.92 Å². The van der Waals surface area contributed by atoms with Crippen LogP contribution in [0.15, 0.2) is 4.90 Å². The number of pyridine rings is 1. The average molecular weight is 385 g/mol. The van der Waals surface area contributed by atoms with E-state index in [0.717, 1.165) is 11.8 Å². The maximum atomic E-state index is 13.4. The van der Waals surface area contributed by atoms with Crippen LogP contribution in [0.4, 0.5) is 22.0 Å². The van der Waals surface area contributed by atoms with Gasteiger partial charge in [0.25, 0.3) is 6.43 Å². The summed E-state index contributed by atoms with van der Waals surface area (Å²) in [6.45, 7) is 8.44. The Morgan fingerprint density at radius 1 is 1.20 bits per heavy atom. The van der Waals surface area contributed by atoms with Crippen molar-refractivity contribution < 1.29 is 31.9 Å². The number of rotatable bonds is 5. The Balaban J connectivity index is 3.95. The van der Waals surface area contributed by atoms with Gasteiger partial charge in [-0.1, -0.05) is 34.6 Å². The number of hydrogen-bond donors (Lipinski definition) is 1. The number of hydrogen-bond acceptors (Lipinski definition) is 3. The van der Waals surface area contributed by atoms with Gasteiger partial charge in [-0.05, 0) is 17.9 Å². The normalized spacial score (nSPS) is 13.0. The Hall–Kier alpha value is -1.38. The van der Waals surface area contributed by atoms with Gasteiger partial charge in [-0.2, -0.15) is 13.2 Å². The molecule has 0 saturated heterocycles. The molecule has 1 heterocycles. The van der Waals surface area contributed by atoms with Gasteiger partial charge in [0.05, 0.1) is 5.56 Å². The first-order chi connectivity index (χ1) is 11.1. The first kappa shape index (κ1) is 21.7. The molecule has 0 aromatic carbocycles. The van der Waals surface area contributed by atoms with Crippen LogP contribution < -0.4 is 0 Å². The smallest absolute Gasteiger partial charge is 0.434 e. The molecule has 0 fully saturated rings. The first-order valence-corrected chi connectivity index (χ1v) is 8.31. The van der Waals surface area contributed by atoms with Crippen LogP contribution in [0.5, 0.6) is 0 Å². The van der Waals surface area contributed by atoms with Crippen LogP contribution in [0.3, 0.4) is 0 Å². The van der Waals surface area contributed by atoms with Gasteiger partial charge in [0.15, 0.2) is 5.69 Å². The minimum Gasteiger partial charge on any atom is -0.478 e. The second kappa shape index (κ2) is 7.47. The fourth-order valence-electron chi connectivity index (χ4n) is 2.24. The van der Waals surface area contributed by atoms with Crippen molar-refractivity contribution in [2.45, 2.75) is 63.3 Å². The van der Waals surface area contributed by atoms with E-state index in [0.29, 0.717) is 0 Å². The lowest BCUT2D eigenvalue weighted by atomic mass is 9.96. The van der Waals surface area contributed by atoms with Gasteiger partial charge in [0.2, 0.25) is 0 Å². The van der Waals surface area contributed by atoms with E-state index in [1.165, 1.54) is 0 Å². The number of carbonyl (C=O) groups is 1. The van der Waals surface area contributed by atoms with Crippen molar-refractivity contribution >= 4 is 17.7 Å². The van der Waals surface area contributed by atoms with Gasteiger partial charge in [0.1, 0.15) is 5.69 Å². The molecule has 1 aromatic heterocycles. The zero-order valence-corrected chi connectivity index (χ0v) is 15.3. The number of nitrogens with zero attached hydrogens (tertiary/aromatic N) is 1. The number of aromatic nitrogens is 1. The molecule has 0 saturated carbocycles. The molecular weight excluding hydrogens is 365 g/mol. The minimum atomic E-state index is -5.14. The number of halogens is 5. The summed E-state index contributed by atoms with van der Waals surface area (Å²) in [6, 6.07) is 0. The second-order valence-electron chi connectivity index (χ2n) is 6.94. The summed E-state index contributed by atoms with van der Waals surface area (Å²) in [7, 11) is 0. The van der Waals surface area contributed by atoms with Crippen LogP contribution in [0.1, 0.15) is 68.4 Å². The van der Waals surface area contributed by atoms with E-state index in [4.69, 9.17) is 0 Å². The lowest BCUT2D eigenvalue weighted by Crippen LogP contribution is -2.22. The number of carboxylic acids is 1. The highest BCUT2D eigenvalue weighted by Crippen LogP contribution is 2.44. The van der Waals surface area contributed by atoms with E-state index in [2.05, 4.69) is 4.98 Å². The summed E-state index contributed by atoms with van der Waals surface area (Å²) in [5.41, 5.74) is -4.07. The second-order valence-corrected chi connectivity index (χ2v) is 8.78. The maximum Gasteiger partial charge on any atom is 0.434 e. The van der Waals surface area contributed by atoms with Crippen molar-refractivity contribution in [2.75, 3.05) is 0 Å². The lowest BCUT2D eigenvalue weighted by Gasteiger charge is -2.25. The Morgan fingerprint density at radius 3 is 2.04 bits per heavy atom. The predicted molar refractivity (Wildman–Crippen MR) is 85.3 cm³/mol. The fourth-order valence-corrected chi connectivity index (χ4v) is 3.40. The third kappa shape index (κ3) is 5.55. The molecule has 9 heteroatoms. The van der Waals surface area contributed by atoms with Crippen molar-refractivity contribution in [3.05, 3.63) is 22.5 Å². The molecular formula is C16H20F5NO2S. The Labute approximate surface area is 147 Å². The Kier molecular flexibility index (Phi) is 6.47. The summed E-state index contributed by atoms with van der Waals surface area (Å²) in [6.07, 6.45) is -8.47. The van der Waals surface area contributed by atoms with Gasteiger partial charge in [-0.3, -0.25) is 0 Å². The molecule has 0 bridgehead atoms. The summed E-state index contributed by atoms with van der Waals surface area (Å²) >= 11 is 0.902. The third-order valence-electron chi connectivity index (χ3n) is 2.99. The summed E-state index contributed by atoms with van der Waals surface area (Å²) < 4.78 is 66.0. The average Bonchev–Trinajstić information content (AvgIpc) is 2.35.